The van der Waals surface area contributed by atoms with E-state index in [1.807, 2.05) is 13.8 Å². The van der Waals surface area contributed by atoms with E-state index in [0.717, 1.165) is 11.8 Å². The Labute approximate surface area is 114 Å². The van der Waals surface area contributed by atoms with Gasteiger partial charge >= 0.3 is 6.18 Å². The molecule has 2 aromatic heterocycles. The average Bonchev–Trinajstić information content (AvgIpc) is 2.85. The Kier molecular flexibility index (Phi) is 3.80. The molecule has 0 aromatic carbocycles. The molecule has 2 N–H and O–H groups in total. The minimum atomic E-state index is -4.44. The summed E-state index contributed by atoms with van der Waals surface area (Å²) < 4.78 is 39.1. The van der Waals surface area contributed by atoms with Crippen LogP contribution in [0.15, 0.2) is 30.9 Å². The van der Waals surface area contributed by atoms with E-state index in [9.17, 15) is 13.2 Å². The number of halogens is 3. The zero-order valence-corrected chi connectivity index (χ0v) is 11.1. The summed E-state index contributed by atoms with van der Waals surface area (Å²) in [6.07, 6.45) is -0.143. The van der Waals surface area contributed by atoms with Crippen molar-refractivity contribution in [3.05, 3.63) is 42.2 Å². The summed E-state index contributed by atoms with van der Waals surface area (Å²) in [7, 11) is 0. The van der Waals surface area contributed by atoms with Crippen LogP contribution in [0.5, 0.6) is 0 Å². The fourth-order valence-corrected chi connectivity index (χ4v) is 1.81. The van der Waals surface area contributed by atoms with Crippen LogP contribution in [0.2, 0.25) is 0 Å². The van der Waals surface area contributed by atoms with Crippen molar-refractivity contribution >= 4 is 0 Å². The molecule has 20 heavy (non-hydrogen) atoms. The molecule has 0 aliphatic carbocycles. The van der Waals surface area contributed by atoms with Crippen LogP contribution in [0.3, 0.4) is 0 Å². The Bertz CT molecular complexity index is 572. The van der Waals surface area contributed by atoms with Gasteiger partial charge in [-0.2, -0.15) is 13.2 Å². The quantitative estimate of drug-likeness (QED) is 0.942. The van der Waals surface area contributed by atoms with Crippen molar-refractivity contribution in [2.75, 3.05) is 0 Å². The molecule has 0 amide bonds. The summed E-state index contributed by atoms with van der Waals surface area (Å²) in [5.41, 5.74) is 6.38. The van der Waals surface area contributed by atoms with Crippen LogP contribution in [-0.4, -0.2) is 14.5 Å². The highest BCUT2D eigenvalue weighted by Gasteiger charge is 2.32. The predicted octanol–water partition coefficient (Wildman–Crippen LogP) is 2.94. The third-order valence-electron chi connectivity index (χ3n) is 3.04. The van der Waals surface area contributed by atoms with Crippen molar-refractivity contribution in [3.63, 3.8) is 0 Å². The minimum absolute atomic E-state index is 0.188. The Hall–Kier alpha value is -1.89. The second-order valence-electron chi connectivity index (χ2n) is 4.86. The molecule has 1 unspecified atom stereocenters. The molecule has 0 aliphatic heterocycles. The maximum absolute atomic E-state index is 12.5. The molecule has 0 saturated carbocycles. The van der Waals surface area contributed by atoms with Crippen molar-refractivity contribution in [2.24, 2.45) is 11.7 Å². The van der Waals surface area contributed by atoms with Crippen LogP contribution in [0.1, 0.15) is 31.3 Å². The van der Waals surface area contributed by atoms with Gasteiger partial charge in [-0.25, -0.2) is 9.97 Å². The molecule has 4 nitrogen and oxygen atoms in total. The summed E-state index contributed by atoms with van der Waals surface area (Å²) in [4.78, 5) is 7.44. The van der Waals surface area contributed by atoms with Gasteiger partial charge < -0.3 is 10.3 Å². The topological polar surface area (TPSA) is 56.7 Å². The van der Waals surface area contributed by atoms with Gasteiger partial charge in [-0.05, 0) is 18.1 Å². The summed E-state index contributed by atoms with van der Waals surface area (Å²) in [5, 5.41) is 0. The smallest absolute Gasteiger partial charge is 0.322 e. The molecule has 0 saturated heterocycles. The minimum Gasteiger partial charge on any atom is -0.322 e. The Morgan fingerprint density at radius 1 is 1.20 bits per heavy atom. The second kappa shape index (κ2) is 5.24. The first-order valence-corrected chi connectivity index (χ1v) is 6.12. The SMILES string of the molecule is CC(C)C(N)c1cncn1-c1ccc(C(F)(F)F)nc1. The number of pyridine rings is 1. The monoisotopic (exact) mass is 284 g/mol. The normalized spacial score (nSPS) is 13.8. The highest BCUT2D eigenvalue weighted by molar-refractivity contribution is 5.33. The summed E-state index contributed by atoms with van der Waals surface area (Å²) >= 11 is 0. The van der Waals surface area contributed by atoms with Gasteiger partial charge in [0.2, 0.25) is 0 Å². The first kappa shape index (κ1) is 14.5. The van der Waals surface area contributed by atoms with Crippen LogP contribution < -0.4 is 5.73 Å². The number of alkyl halides is 3. The molecule has 0 bridgehead atoms. The van der Waals surface area contributed by atoms with E-state index in [2.05, 4.69) is 9.97 Å². The van der Waals surface area contributed by atoms with Crippen LogP contribution in [-0.2, 0) is 6.18 Å². The van der Waals surface area contributed by atoms with E-state index in [1.54, 1.807) is 10.8 Å². The molecule has 0 fully saturated rings. The van der Waals surface area contributed by atoms with Gasteiger partial charge in [-0.3, -0.25) is 0 Å². The Balaban J connectivity index is 2.36. The summed E-state index contributed by atoms with van der Waals surface area (Å²) in [6.45, 7) is 3.93. The van der Waals surface area contributed by atoms with E-state index >= 15 is 0 Å². The molecule has 0 radical (unpaired) electrons. The number of aromatic nitrogens is 3. The van der Waals surface area contributed by atoms with E-state index < -0.39 is 11.9 Å². The van der Waals surface area contributed by atoms with E-state index in [4.69, 9.17) is 5.73 Å². The maximum atomic E-state index is 12.5. The Morgan fingerprint density at radius 2 is 1.90 bits per heavy atom. The zero-order chi connectivity index (χ0) is 14.9. The lowest BCUT2D eigenvalue weighted by atomic mass is 10.0. The fraction of sp³-hybridized carbons (Fsp3) is 0.385. The largest absolute Gasteiger partial charge is 0.433 e. The van der Waals surface area contributed by atoms with E-state index in [0.29, 0.717) is 5.69 Å². The molecule has 2 heterocycles. The molecular weight excluding hydrogens is 269 g/mol. The lowest BCUT2D eigenvalue weighted by molar-refractivity contribution is -0.141. The third-order valence-corrected chi connectivity index (χ3v) is 3.04. The predicted molar refractivity (Wildman–Crippen MR) is 68.1 cm³/mol. The first-order chi connectivity index (χ1) is 9.30. The molecule has 2 rings (SSSR count). The number of nitrogens with zero attached hydrogens (tertiary/aromatic N) is 3. The average molecular weight is 284 g/mol. The van der Waals surface area contributed by atoms with Crippen LogP contribution in [0.25, 0.3) is 5.69 Å². The van der Waals surface area contributed by atoms with Gasteiger partial charge in [-0.15, -0.1) is 0 Å². The summed E-state index contributed by atoms with van der Waals surface area (Å²) in [6, 6.07) is 2.05. The number of imidazole rings is 1. The van der Waals surface area contributed by atoms with Gasteiger partial charge in [0.05, 0.1) is 30.1 Å². The molecule has 0 spiro atoms. The number of hydrogen-bond donors (Lipinski definition) is 1. The van der Waals surface area contributed by atoms with Crippen molar-refractivity contribution in [1.29, 1.82) is 0 Å². The first-order valence-electron chi connectivity index (χ1n) is 6.12. The van der Waals surface area contributed by atoms with Crippen molar-refractivity contribution in [3.8, 4) is 5.69 Å². The number of nitrogens with two attached hydrogens (primary N) is 1. The van der Waals surface area contributed by atoms with Gasteiger partial charge in [-0.1, -0.05) is 13.8 Å². The molecule has 2 aromatic rings. The highest BCUT2D eigenvalue weighted by Crippen LogP contribution is 2.28. The van der Waals surface area contributed by atoms with Gasteiger partial charge in [0, 0.05) is 6.04 Å². The van der Waals surface area contributed by atoms with Crippen LogP contribution in [0, 0.1) is 5.92 Å². The lowest BCUT2D eigenvalue weighted by Crippen LogP contribution is -2.20. The molecular formula is C13H15F3N4. The van der Waals surface area contributed by atoms with Crippen molar-refractivity contribution in [2.45, 2.75) is 26.1 Å². The van der Waals surface area contributed by atoms with Crippen molar-refractivity contribution in [1.82, 2.24) is 14.5 Å². The highest BCUT2D eigenvalue weighted by atomic mass is 19.4. The maximum Gasteiger partial charge on any atom is 0.433 e. The number of rotatable bonds is 3. The Morgan fingerprint density at radius 3 is 2.40 bits per heavy atom. The summed E-state index contributed by atoms with van der Waals surface area (Å²) in [5.74, 6) is 0.188. The van der Waals surface area contributed by atoms with Crippen LogP contribution >= 0.6 is 0 Å². The standard InChI is InChI=1S/C13H15F3N4/c1-8(2)12(17)10-6-18-7-20(10)9-3-4-11(19-5-9)13(14,15)16/h3-8,12H,17H2,1-2H3. The van der Waals surface area contributed by atoms with E-state index in [-0.39, 0.29) is 12.0 Å². The van der Waals surface area contributed by atoms with Crippen molar-refractivity contribution < 1.29 is 13.2 Å². The van der Waals surface area contributed by atoms with Crippen LogP contribution in [0.4, 0.5) is 13.2 Å². The lowest BCUT2D eigenvalue weighted by Gasteiger charge is -2.18. The molecule has 108 valence electrons. The van der Waals surface area contributed by atoms with Gasteiger partial charge in [0.1, 0.15) is 5.69 Å². The fourth-order valence-electron chi connectivity index (χ4n) is 1.81. The van der Waals surface area contributed by atoms with Gasteiger partial charge in [0.25, 0.3) is 0 Å². The molecule has 0 aliphatic rings. The third kappa shape index (κ3) is 2.82. The van der Waals surface area contributed by atoms with Gasteiger partial charge in [0.15, 0.2) is 0 Å². The second-order valence-corrected chi connectivity index (χ2v) is 4.86. The zero-order valence-electron chi connectivity index (χ0n) is 11.1. The molecule has 7 heteroatoms. The van der Waals surface area contributed by atoms with E-state index in [1.165, 1.54) is 18.6 Å². The number of hydrogen-bond acceptors (Lipinski definition) is 3. The molecule has 1 atom stereocenters.